The van der Waals surface area contributed by atoms with Crippen LogP contribution in [0.1, 0.15) is 122 Å². The Bertz CT molecular complexity index is 1720. The molecule has 1 heterocycles. The number of fused-ring (bicyclic) bond motifs is 7. The van der Waals surface area contributed by atoms with Crippen molar-refractivity contribution in [3.8, 4) is 0 Å². The number of carboxylic acid groups (broad SMARTS) is 1. The van der Waals surface area contributed by atoms with Gasteiger partial charge in [0.1, 0.15) is 0 Å². The lowest BCUT2D eigenvalue weighted by molar-refractivity contribution is -0.167. The maximum absolute atomic E-state index is 14.4. The van der Waals surface area contributed by atoms with Gasteiger partial charge in [-0.2, -0.15) is 0 Å². The number of carboxylic acids is 1. The molecular formula is C43H62N2O5S. The summed E-state index contributed by atoms with van der Waals surface area (Å²) in [5, 5.41) is 12.9. The van der Waals surface area contributed by atoms with Crippen molar-refractivity contribution in [1.29, 1.82) is 0 Å². The van der Waals surface area contributed by atoms with Crippen LogP contribution >= 0.6 is 0 Å². The number of carbonyl (C=O) groups excluding carboxylic acids is 1. The molecule has 8 heteroatoms. The van der Waals surface area contributed by atoms with Crippen LogP contribution in [0.4, 0.5) is 0 Å². The lowest BCUT2D eigenvalue weighted by Crippen LogP contribution is -2.64. The Morgan fingerprint density at radius 1 is 0.922 bits per heavy atom. The Morgan fingerprint density at radius 2 is 1.63 bits per heavy atom. The molecule has 1 aliphatic heterocycles. The molecule has 2 N–H and O–H groups in total. The molecular weight excluding hydrogens is 657 g/mol. The number of nitrogens with zero attached hydrogens (tertiary/aromatic N) is 1. The molecule has 4 fully saturated rings. The molecule has 1 aromatic rings. The number of rotatable bonds is 7. The second-order valence-corrected chi connectivity index (χ2v) is 21.1. The zero-order valence-electron chi connectivity index (χ0n) is 32.0. The summed E-state index contributed by atoms with van der Waals surface area (Å²) >= 11 is 0. The maximum Gasteiger partial charge on any atom is 0.335 e. The first-order valence-corrected chi connectivity index (χ1v) is 21.8. The van der Waals surface area contributed by atoms with Crippen molar-refractivity contribution in [2.24, 2.45) is 50.7 Å². The average Bonchev–Trinajstić information content (AvgIpc) is 3.07. The number of benzene rings is 1. The van der Waals surface area contributed by atoms with Crippen molar-refractivity contribution in [1.82, 2.24) is 10.2 Å². The summed E-state index contributed by atoms with van der Waals surface area (Å²) < 4.78 is 23.7. The van der Waals surface area contributed by atoms with Gasteiger partial charge in [-0.15, -0.1) is 0 Å². The summed E-state index contributed by atoms with van der Waals surface area (Å²) in [6, 6.07) is 7.50. The first-order chi connectivity index (χ1) is 24.0. The minimum atomic E-state index is -2.89. The highest BCUT2D eigenvalue weighted by atomic mass is 32.2. The summed E-state index contributed by atoms with van der Waals surface area (Å²) in [7, 11) is -2.89. The number of allylic oxidation sites excluding steroid dienone is 4. The van der Waals surface area contributed by atoms with E-state index in [4.69, 9.17) is 0 Å². The van der Waals surface area contributed by atoms with Crippen molar-refractivity contribution < 1.29 is 23.1 Å². The Labute approximate surface area is 307 Å². The molecule has 6 aliphatic rings. The zero-order valence-corrected chi connectivity index (χ0v) is 32.8. The topological polar surface area (TPSA) is 104 Å². The second-order valence-electron chi connectivity index (χ2n) is 18.8. The highest BCUT2D eigenvalue weighted by Crippen LogP contribution is 2.75. The van der Waals surface area contributed by atoms with Crippen LogP contribution < -0.4 is 5.32 Å². The van der Waals surface area contributed by atoms with E-state index in [1.54, 1.807) is 17.7 Å². The molecule has 7 nitrogen and oxygen atoms in total. The summed E-state index contributed by atoms with van der Waals surface area (Å²) in [6.07, 6.45) is 15.8. The van der Waals surface area contributed by atoms with Crippen molar-refractivity contribution >= 4 is 27.3 Å². The lowest BCUT2D eigenvalue weighted by atomic mass is 9.33. The standard InChI is InChI=1S/C43H62N2O5S/c1-29-9-7-18-43(38(48)44-23-8-24-45-25-27-51(49,50)28-26-45)22-21-41(5)33(36(29)43)14-15-35-40(4)19-16-32(30-10-12-31(13-11-30)37(46)47)39(2,3)34(40)17-20-42(35,41)6/h10-14,16,29,34-36H,7-9,15,17-28H2,1-6H3,(H,44,48)(H,46,47)/t29-,34-,35+,36-,40-,41+,42+,43-/m0/s1. The molecule has 5 aliphatic carbocycles. The predicted octanol–water partition coefficient (Wildman–Crippen LogP) is 8.03. The van der Waals surface area contributed by atoms with Crippen LogP contribution in [0.5, 0.6) is 0 Å². The van der Waals surface area contributed by atoms with Crippen LogP contribution in [-0.2, 0) is 14.6 Å². The van der Waals surface area contributed by atoms with Crippen LogP contribution in [0, 0.1) is 50.7 Å². The smallest absolute Gasteiger partial charge is 0.335 e. The lowest BCUT2D eigenvalue weighted by Gasteiger charge is -2.70. The van der Waals surface area contributed by atoms with Crippen molar-refractivity contribution in [2.75, 3.05) is 37.7 Å². The van der Waals surface area contributed by atoms with Gasteiger partial charge in [-0.1, -0.05) is 84.2 Å². The van der Waals surface area contributed by atoms with Gasteiger partial charge in [0.05, 0.1) is 22.5 Å². The Kier molecular flexibility index (Phi) is 9.29. The number of amides is 1. The summed E-state index contributed by atoms with van der Waals surface area (Å²) in [6.45, 7) is 17.7. The van der Waals surface area contributed by atoms with Crippen LogP contribution in [-0.4, -0.2) is 68.0 Å². The molecule has 280 valence electrons. The number of aromatic carboxylic acids is 1. The maximum atomic E-state index is 14.4. The van der Waals surface area contributed by atoms with Crippen LogP contribution in [0.3, 0.4) is 0 Å². The molecule has 8 atom stereocenters. The Hall–Kier alpha value is -2.45. The monoisotopic (exact) mass is 718 g/mol. The number of hydrogen-bond acceptors (Lipinski definition) is 5. The van der Waals surface area contributed by atoms with E-state index in [-0.39, 0.29) is 50.4 Å². The van der Waals surface area contributed by atoms with Gasteiger partial charge in [0, 0.05) is 19.6 Å². The molecule has 0 aromatic heterocycles. The molecule has 0 spiro atoms. The first-order valence-electron chi connectivity index (χ1n) is 19.9. The van der Waals surface area contributed by atoms with E-state index < -0.39 is 15.8 Å². The van der Waals surface area contributed by atoms with E-state index in [1.165, 1.54) is 24.8 Å². The van der Waals surface area contributed by atoms with Crippen LogP contribution in [0.25, 0.3) is 5.57 Å². The van der Waals surface area contributed by atoms with Crippen molar-refractivity contribution in [3.63, 3.8) is 0 Å². The number of nitrogens with one attached hydrogen (secondary N) is 1. The van der Waals surface area contributed by atoms with Gasteiger partial charge in [-0.3, -0.25) is 4.79 Å². The van der Waals surface area contributed by atoms with E-state index in [0.29, 0.717) is 43.0 Å². The number of sulfone groups is 1. The molecule has 0 bridgehead atoms. The molecule has 1 aromatic carbocycles. The van der Waals surface area contributed by atoms with E-state index in [0.717, 1.165) is 57.1 Å². The minimum absolute atomic E-state index is 0.0344. The molecule has 1 amide bonds. The van der Waals surface area contributed by atoms with Gasteiger partial charge < -0.3 is 15.3 Å². The van der Waals surface area contributed by atoms with Crippen LogP contribution in [0.15, 0.2) is 42.0 Å². The molecule has 3 saturated carbocycles. The molecule has 0 unspecified atom stereocenters. The first kappa shape index (κ1) is 36.9. The van der Waals surface area contributed by atoms with E-state index in [1.807, 2.05) is 12.1 Å². The van der Waals surface area contributed by atoms with Gasteiger partial charge in [0.25, 0.3) is 0 Å². The Morgan fingerprint density at radius 3 is 2.31 bits per heavy atom. The number of hydrogen-bond donors (Lipinski definition) is 2. The van der Waals surface area contributed by atoms with E-state index >= 15 is 0 Å². The number of carbonyl (C=O) groups is 2. The summed E-state index contributed by atoms with van der Waals surface area (Å²) in [5.41, 5.74) is 4.41. The summed E-state index contributed by atoms with van der Waals surface area (Å²) in [4.78, 5) is 28.2. The Balaban J connectivity index is 1.13. The van der Waals surface area contributed by atoms with Gasteiger partial charge in [0.2, 0.25) is 5.91 Å². The fourth-order valence-electron chi connectivity index (χ4n) is 13.3. The third-order valence-corrected chi connectivity index (χ3v) is 17.8. The largest absolute Gasteiger partial charge is 0.478 e. The quantitative estimate of drug-likeness (QED) is 0.219. The molecule has 0 radical (unpaired) electrons. The molecule has 1 saturated heterocycles. The predicted molar refractivity (Wildman–Crippen MR) is 204 cm³/mol. The van der Waals surface area contributed by atoms with Gasteiger partial charge in [-0.25, -0.2) is 13.2 Å². The van der Waals surface area contributed by atoms with Gasteiger partial charge >= 0.3 is 5.97 Å². The molecule has 7 rings (SSSR count). The fraction of sp³-hybridized carbons (Fsp3) is 0.721. The van der Waals surface area contributed by atoms with Gasteiger partial charge in [-0.05, 0) is 127 Å². The average molecular weight is 719 g/mol. The van der Waals surface area contributed by atoms with Crippen LogP contribution in [0.2, 0.25) is 0 Å². The van der Waals surface area contributed by atoms with Crippen molar-refractivity contribution in [3.05, 3.63) is 53.1 Å². The third-order valence-electron chi connectivity index (χ3n) is 16.2. The van der Waals surface area contributed by atoms with Crippen molar-refractivity contribution in [2.45, 2.75) is 106 Å². The summed E-state index contributed by atoms with van der Waals surface area (Å²) in [5.74, 6) is 1.70. The second kappa shape index (κ2) is 12.8. The normalized spacial score (nSPS) is 40.0. The zero-order chi connectivity index (χ0) is 36.6. The van der Waals surface area contributed by atoms with Gasteiger partial charge in [0.15, 0.2) is 9.84 Å². The van der Waals surface area contributed by atoms with E-state index in [9.17, 15) is 23.1 Å². The third kappa shape index (κ3) is 5.79. The highest BCUT2D eigenvalue weighted by Gasteiger charge is 2.68. The highest BCUT2D eigenvalue weighted by molar-refractivity contribution is 7.91. The fourth-order valence-corrected chi connectivity index (χ4v) is 14.6. The molecule has 51 heavy (non-hydrogen) atoms. The SMILES string of the molecule is C[C@H]1CCC[C@]2(C(=O)NCCCN3CCS(=O)(=O)CC3)CC[C@]3(C)C(=CC[C@@H]4[C@@]5(C)CC=C(c6ccc(C(=O)O)cc6)C(C)(C)[C@@H]5CC[C@]43C)[C@H]12. The minimum Gasteiger partial charge on any atom is -0.478 e. The van der Waals surface area contributed by atoms with E-state index in [2.05, 4.69) is 63.9 Å².